The number of hydrogen-bond acceptors (Lipinski definition) is 4. The lowest BCUT2D eigenvalue weighted by Crippen LogP contribution is -2.05. The van der Waals surface area contributed by atoms with Crippen molar-refractivity contribution in [2.24, 2.45) is 0 Å². The Morgan fingerprint density at radius 2 is 2.07 bits per heavy atom. The van der Waals surface area contributed by atoms with E-state index in [0.29, 0.717) is 3.57 Å². The van der Waals surface area contributed by atoms with Crippen LogP contribution in [0, 0.1) is 3.57 Å². The van der Waals surface area contributed by atoms with Crippen molar-refractivity contribution in [3.05, 3.63) is 27.3 Å². The molecule has 1 aromatic rings. The highest BCUT2D eigenvalue weighted by Gasteiger charge is 2.16. The molecule has 82 valence electrons. The maximum absolute atomic E-state index is 11.2. The zero-order chi connectivity index (χ0) is 11.6. The van der Waals surface area contributed by atoms with E-state index < -0.39 is 15.0 Å². The number of rotatable bonds is 2. The molecule has 0 aliphatic rings. The van der Waals surface area contributed by atoms with Gasteiger partial charge < -0.3 is 4.74 Å². The first-order valence-corrected chi connectivity index (χ1v) is 7.07. The van der Waals surface area contributed by atoms with Crippen LogP contribution in [-0.2, 0) is 13.8 Å². The van der Waals surface area contributed by atoms with Gasteiger partial charge in [0.25, 0.3) is 9.05 Å². The molecule has 0 radical (unpaired) electrons. The molecular weight excluding hydrogens is 355 g/mol. The second kappa shape index (κ2) is 4.67. The highest BCUT2D eigenvalue weighted by Crippen LogP contribution is 2.21. The van der Waals surface area contributed by atoms with Crippen LogP contribution < -0.4 is 0 Å². The van der Waals surface area contributed by atoms with Gasteiger partial charge in [-0.25, -0.2) is 13.2 Å². The summed E-state index contributed by atoms with van der Waals surface area (Å²) in [6, 6.07) is 4.01. The average molecular weight is 361 g/mol. The third-order valence-electron chi connectivity index (χ3n) is 1.62. The van der Waals surface area contributed by atoms with Crippen molar-refractivity contribution >= 4 is 48.3 Å². The molecule has 0 bridgehead atoms. The summed E-state index contributed by atoms with van der Waals surface area (Å²) >= 11 is 1.91. The van der Waals surface area contributed by atoms with Gasteiger partial charge >= 0.3 is 5.97 Å². The summed E-state index contributed by atoms with van der Waals surface area (Å²) in [5.41, 5.74) is 0.180. The van der Waals surface area contributed by atoms with Gasteiger partial charge in [0, 0.05) is 14.3 Å². The third-order valence-corrected chi connectivity index (χ3v) is 3.92. The normalized spacial score (nSPS) is 11.1. The van der Waals surface area contributed by atoms with Gasteiger partial charge in [0.05, 0.1) is 17.6 Å². The number of hydrogen-bond donors (Lipinski definition) is 0. The first kappa shape index (κ1) is 12.7. The number of benzene rings is 1. The lowest BCUT2D eigenvalue weighted by atomic mass is 10.2. The average Bonchev–Trinajstić information content (AvgIpc) is 2.15. The van der Waals surface area contributed by atoms with Crippen molar-refractivity contribution in [1.29, 1.82) is 0 Å². The molecule has 0 unspecified atom stereocenters. The van der Waals surface area contributed by atoms with Crippen molar-refractivity contribution in [1.82, 2.24) is 0 Å². The summed E-state index contributed by atoms with van der Waals surface area (Å²) in [6.45, 7) is 0. The summed E-state index contributed by atoms with van der Waals surface area (Å²) in [4.78, 5) is 11.1. The zero-order valence-corrected chi connectivity index (χ0v) is 11.3. The molecule has 15 heavy (non-hydrogen) atoms. The number of halogens is 2. The van der Waals surface area contributed by atoms with Gasteiger partial charge in [-0.3, -0.25) is 0 Å². The molecule has 0 aliphatic carbocycles. The van der Waals surface area contributed by atoms with Crippen LogP contribution in [0.1, 0.15) is 10.4 Å². The number of carbonyl (C=O) groups excluding carboxylic acids is 1. The Morgan fingerprint density at radius 1 is 1.47 bits per heavy atom. The predicted octanol–water partition coefficient (Wildman–Crippen LogP) is 2.01. The van der Waals surface area contributed by atoms with Crippen LogP contribution in [0.3, 0.4) is 0 Å². The van der Waals surface area contributed by atoms with Crippen molar-refractivity contribution < 1.29 is 17.9 Å². The van der Waals surface area contributed by atoms with E-state index >= 15 is 0 Å². The first-order chi connectivity index (χ1) is 6.86. The van der Waals surface area contributed by atoms with Gasteiger partial charge in [-0.2, -0.15) is 0 Å². The maximum Gasteiger partial charge on any atom is 0.338 e. The standard InChI is InChI=1S/C8H6ClIO4S/c1-14-8(11)6-4-5(15(9,12)13)2-3-7(6)10/h2-4H,1H3. The van der Waals surface area contributed by atoms with Crippen molar-refractivity contribution in [2.45, 2.75) is 4.90 Å². The lowest BCUT2D eigenvalue weighted by Gasteiger charge is -2.03. The molecule has 1 aromatic carbocycles. The quantitative estimate of drug-likeness (QED) is 0.460. The minimum absolute atomic E-state index is 0.120. The maximum atomic E-state index is 11.2. The van der Waals surface area contributed by atoms with Crippen molar-refractivity contribution in [3.63, 3.8) is 0 Å². The first-order valence-electron chi connectivity index (χ1n) is 3.69. The molecule has 0 fully saturated rings. The van der Waals surface area contributed by atoms with Crippen molar-refractivity contribution in [2.75, 3.05) is 7.11 Å². The fraction of sp³-hybridized carbons (Fsp3) is 0.125. The number of carbonyl (C=O) groups is 1. The Bertz CT molecular complexity index is 497. The van der Waals surface area contributed by atoms with Crippen LogP contribution in [-0.4, -0.2) is 21.5 Å². The van der Waals surface area contributed by atoms with E-state index in [9.17, 15) is 13.2 Å². The highest BCUT2D eigenvalue weighted by atomic mass is 127. The fourth-order valence-corrected chi connectivity index (χ4v) is 2.26. The number of esters is 1. The molecule has 0 spiro atoms. The van der Waals surface area contributed by atoms with E-state index in [1.807, 2.05) is 22.6 Å². The summed E-state index contributed by atoms with van der Waals surface area (Å²) < 4.78 is 27.1. The van der Waals surface area contributed by atoms with Gasteiger partial charge in [0.1, 0.15) is 0 Å². The molecule has 0 saturated heterocycles. The molecular formula is C8H6ClIO4S. The summed E-state index contributed by atoms with van der Waals surface area (Å²) in [5, 5.41) is 0. The second-order valence-electron chi connectivity index (χ2n) is 2.57. The molecule has 0 atom stereocenters. The van der Waals surface area contributed by atoms with E-state index in [-0.39, 0.29) is 10.5 Å². The zero-order valence-electron chi connectivity index (χ0n) is 7.53. The van der Waals surface area contributed by atoms with Crippen LogP contribution in [0.5, 0.6) is 0 Å². The van der Waals surface area contributed by atoms with Gasteiger partial charge in [0.15, 0.2) is 0 Å². The Kier molecular flexibility index (Phi) is 3.96. The van der Waals surface area contributed by atoms with Gasteiger partial charge in [-0.05, 0) is 40.8 Å². The van der Waals surface area contributed by atoms with Gasteiger partial charge in [0.2, 0.25) is 0 Å². The van der Waals surface area contributed by atoms with E-state index in [0.717, 1.165) is 0 Å². The molecule has 7 heteroatoms. The Morgan fingerprint density at radius 3 is 2.53 bits per heavy atom. The van der Waals surface area contributed by atoms with E-state index in [1.54, 1.807) is 0 Å². The summed E-state index contributed by atoms with van der Waals surface area (Å²) in [7, 11) is 2.55. The molecule has 0 aromatic heterocycles. The second-order valence-corrected chi connectivity index (χ2v) is 6.30. The monoisotopic (exact) mass is 360 g/mol. The molecule has 0 amide bonds. The smallest absolute Gasteiger partial charge is 0.338 e. The molecule has 0 N–H and O–H groups in total. The minimum Gasteiger partial charge on any atom is -0.465 e. The third kappa shape index (κ3) is 3.05. The Hall–Kier alpha value is -0.340. The van der Waals surface area contributed by atoms with Crippen LogP contribution >= 0.6 is 33.3 Å². The SMILES string of the molecule is COC(=O)c1cc(S(=O)(=O)Cl)ccc1I. The van der Waals surface area contributed by atoms with Crippen LogP contribution in [0.15, 0.2) is 23.1 Å². The van der Waals surface area contributed by atoms with Crippen LogP contribution in [0.2, 0.25) is 0 Å². The summed E-state index contributed by atoms with van der Waals surface area (Å²) in [6.07, 6.45) is 0. The molecule has 0 saturated carbocycles. The Balaban J connectivity index is 3.36. The molecule has 0 heterocycles. The minimum atomic E-state index is -3.82. The largest absolute Gasteiger partial charge is 0.465 e. The van der Waals surface area contributed by atoms with E-state index in [2.05, 4.69) is 4.74 Å². The molecule has 4 nitrogen and oxygen atoms in total. The van der Waals surface area contributed by atoms with Crippen LogP contribution in [0.25, 0.3) is 0 Å². The fourth-order valence-electron chi connectivity index (χ4n) is 0.922. The van der Waals surface area contributed by atoms with Crippen LogP contribution in [0.4, 0.5) is 0 Å². The highest BCUT2D eigenvalue weighted by molar-refractivity contribution is 14.1. The lowest BCUT2D eigenvalue weighted by molar-refractivity contribution is 0.0599. The van der Waals surface area contributed by atoms with E-state index in [1.165, 1.54) is 25.3 Å². The topological polar surface area (TPSA) is 60.4 Å². The predicted molar refractivity (Wildman–Crippen MR) is 63.5 cm³/mol. The van der Waals surface area contributed by atoms with Crippen molar-refractivity contribution in [3.8, 4) is 0 Å². The molecule has 0 aliphatic heterocycles. The summed E-state index contributed by atoms with van der Waals surface area (Å²) in [5.74, 6) is -0.596. The number of ether oxygens (including phenoxy) is 1. The van der Waals surface area contributed by atoms with Gasteiger partial charge in [-0.15, -0.1) is 0 Å². The molecule has 1 rings (SSSR count). The van der Waals surface area contributed by atoms with Gasteiger partial charge in [-0.1, -0.05) is 0 Å². The van der Waals surface area contributed by atoms with E-state index in [4.69, 9.17) is 10.7 Å². The Labute approximate surface area is 105 Å². The number of methoxy groups -OCH3 is 1.